The van der Waals surface area contributed by atoms with Crippen LogP contribution in [0.25, 0.3) is 11.3 Å². The molecule has 0 bridgehead atoms. The molecule has 6 nitrogen and oxygen atoms in total. The van der Waals surface area contributed by atoms with Crippen LogP contribution < -0.4 is 5.43 Å². The summed E-state index contributed by atoms with van der Waals surface area (Å²) in [5.41, 5.74) is 4.66. The normalized spacial score (nSPS) is 10.9. The van der Waals surface area contributed by atoms with Gasteiger partial charge in [0.2, 0.25) is 0 Å². The molecule has 0 aliphatic heterocycles. The standard InChI is InChI=1S/C21H17ClN2O4/c1-2-13-3-5-14(6-4-13)20(25)24-23-12-16-8-10-19(28-16)15-7-9-18(22)17(11-15)21(26)27/h3-12H,2H2,1H3,(H,24,25)(H,26,27). The number of rotatable bonds is 6. The zero-order valence-electron chi connectivity index (χ0n) is 15.0. The molecule has 1 aromatic heterocycles. The summed E-state index contributed by atoms with van der Waals surface area (Å²) in [5, 5.41) is 13.2. The molecule has 0 aliphatic rings. The number of carbonyl (C=O) groups excluding carboxylic acids is 1. The van der Waals surface area contributed by atoms with Crippen molar-refractivity contribution in [3.63, 3.8) is 0 Å². The van der Waals surface area contributed by atoms with Crippen molar-refractivity contribution in [2.24, 2.45) is 5.10 Å². The molecule has 0 spiro atoms. The molecule has 0 saturated carbocycles. The Bertz CT molecular complexity index is 1040. The Morgan fingerprint density at radius 2 is 1.89 bits per heavy atom. The van der Waals surface area contributed by atoms with Gasteiger partial charge in [0.05, 0.1) is 16.8 Å². The van der Waals surface area contributed by atoms with Crippen LogP contribution in [0.15, 0.2) is 64.1 Å². The summed E-state index contributed by atoms with van der Waals surface area (Å²) in [7, 11) is 0. The van der Waals surface area contributed by atoms with E-state index < -0.39 is 5.97 Å². The summed E-state index contributed by atoms with van der Waals surface area (Å²) in [4.78, 5) is 23.3. The highest BCUT2D eigenvalue weighted by atomic mass is 35.5. The van der Waals surface area contributed by atoms with Crippen LogP contribution >= 0.6 is 11.6 Å². The van der Waals surface area contributed by atoms with Crippen molar-refractivity contribution in [3.05, 3.63) is 82.1 Å². The van der Waals surface area contributed by atoms with E-state index in [0.29, 0.717) is 22.6 Å². The molecule has 0 atom stereocenters. The van der Waals surface area contributed by atoms with E-state index in [1.165, 1.54) is 18.3 Å². The Balaban J connectivity index is 1.68. The number of hydrogen-bond acceptors (Lipinski definition) is 4. The Kier molecular flexibility index (Phi) is 5.91. The van der Waals surface area contributed by atoms with Crippen molar-refractivity contribution in [3.8, 4) is 11.3 Å². The lowest BCUT2D eigenvalue weighted by atomic mass is 10.1. The summed E-state index contributed by atoms with van der Waals surface area (Å²) >= 11 is 5.88. The van der Waals surface area contributed by atoms with E-state index >= 15 is 0 Å². The van der Waals surface area contributed by atoms with Crippen LogP contribution in [0.5, 0.6) is 0 Å². The van der Waals surface area contributed by atoms with Crippen molar-refractivity contribution in [2.75, 3.05) is 0 Å². The second-order valence-corrected chi connectivity index (χ2v) is 6.36. The fourth-order valence-electron chi connectivity index (χ4n) is 2.53. The fourth-order valence-corrected chi connectivity index (χ4v) is 2.73. The molecule has 0 unspecified atom stereocenters. The average Bonchev–Trinajstić information content (AvgIpc) is 3.17. The van der Waals surface area contributed by atoms with Crippen LogP contribution in [-0.2, 0) is 6.42 Å². The molecule has 1 amide bonds. The Morgan fingerprint density at radius 1 is 1.14 bits per heavy atom. The van der Waals surface area contributed by atoms with Crippen LogP contribution in [0, 0.1) is 0 Å². The van der Waals surface area contributed by atoms with Gasteiger partial charge in [-0.05, 0) is 54.4 Å². The van der Waals surface area contributed by atoms with E-state index in [1.807, 2.05) is 19.1 Å². The number of carbonyl (C=O) groups is 2. The minimum absolute atomic E-state index is 0.00728. The summed E-state index contributed by atoms with van der Waals surface area (Å²) in [6, 6.07) is 15.2. The number of aryl methyl sites for hydroxylation is 1. The molecule has 1 heterocycles. The molecule has 2 N–H and O–H groups in total. The first kappa shape index (κ1) is 19.4. The third kappa shape index (κ3) is 4.47. The molecular weight excluding hydrogens is 380 g/mol. The van der Waals surface area contributed by atoms with Crippen LogP contribution in [0.3, 0.4) is 0 Å². The molecule has 3 rings (SSSR count). The fraction of sp³-hybridized carbons (Fsp3) is 0.0952. The highest BCUT2D eigenvalue weighted by molar-refractivity contribution is 6.33. The number of furan rings is 1. The number of benzene rings is 2. The number of nitrogens with one attached hydrogen (secondary N) is 1. The first-order chi connectivity index (χ1) is 13.5. The highest BCUT2D eigenvalue weighted by Crippen LogP contribution is 2.26. The minimum atomic E-state index is -1.12. The number of halogens is 1. The summed E-state index contributed by atoms with van der Waals surface area (Å²) in [6.45, 7) is 2.05. The van der Waals surface area contributed by atoms with Crippen molar-refractivity contribution in [1.29, 1.82) is 0 Å². The Morgan fingerprint density at radius 3 is 2.57 bits per heavy atom. The summed E-state index contributed by atoms with van der Waals surface area (Å²) in [6.07, 6.45) is 2.28. The van der Waals surface area contributed by atoms with E-state index in [4.69, 9.17) is 21.1 Å². The van der Waals surface area contributed by atoms with Crippen molar-refractivity contribution in [1.82, 2.24) is 5.43 Å². The molecule has 0 saturated heterocycles. The van der Waals surface area contributed by atoms with Gasteiger partial charge in [-0.25, -0.2) is 10.2 Å². The first-order valence-electron chi connectivity index (χ1n) is 8.53. The molecule has 0 radical (unpaired) electrons. The van der Waals surface area contributed by atoms with Crippen LogP contribution in [0.2, 0.25) is 5.02 Å². The molecular formula is C21H17ClN2O4. The maximum absolute atomic E-state index is 12.1. The predicted molar refractivity (Wildman–Crippen MR) is 107 cm³/mol. The van der Waals surface area contributed by atoms with Crippen molar-refractivity contribution >= 4 is 29.7 Å². The highest BCUT2D eigenvalue weighted by Gasteiger charge is 2.12. The number of aromatic carboxylic acids is 1. The van der Waals surface area contributed by atoms with Gasteiger partial charge in [0.15, 0.2) is 0 Å². The lowest BCUT2D eigenvalue weighted by Crippen LogP contribution is -2.17. The lowest BCUT2D eigenvalue weighted by Gasteiger charge is -2.02. The zero-order valence-corrected chi connectivity index (χ0v) is 15.7. The Hall–Kier alpha value is -3.38. The van der Waals surface area contributed by atoms with Gasteiger partial charge >= 0.3 is 5.97 Å². The predicted octanol–water partition coefficient (Wildman–Crippen LogP) is 4.62. The number of carboxylic acid groups (broad SMARTS) is 1. The third-order valence-electron chi connectivity index (χ3n) is 4.09. The zero-order chi connectivity index (χ0) is 20.1. The molecule has 3 aromatic rings. The van der Waals surface area contributed by atoms with Gasteiger partial charge in [-0.2, -0.15) is 5.10 Å². The SMILES string of the molecule is CCc1ccc(C(=O)NN=Cc2ccc(-c3ccc(Cl)c(C(=O)O)c3)o2)cc1. The number of nitrogens with zero attached hydrogens (tertiary/aromatic N) is 1. The second kappa shape index (κ2) is 8.54. The van der Waals surface area contributed by atoms with Gasteiger partial charge in [-0.3, -0.25) is 4.79 Å². The van der Waals surface area contributed by atoms with Gasteiger partial charge in [-0.15, -0.1) is 0 Å². The number of hydrogen-bond donors (Lipinski definition) is 2. The first-order valence-corrected chi connectivity index (χ1v) is 8.91. The molecule has 0 fully saturated rings. The van der Waals surface area contributed by atoms with E-state index in [2.05, 4.69) is 10.5 Å². The number of hydrazone groups is 1. The Labute approximate surface area is 166 Å². The maximum Gasteiger partial charge on any atom is 0.337 e. The molecule has 142 valence electrons. The second-order valence-electron chi connectivity index (χ2n) is 5.95. The van der Waals surface area contributed by atoms with Crippen molar-refractivity contribution in [2.45, 2.75) is 13.3 Å². The summed E-state index contributed by atoms with van der Waals surface area (Å²) < 4.78 is 5.63. The third-order valence-corrected chi connectivity index (χ3v) is 4.42. The molecule has 28 heavy (non-hydrogen) atoms. The van der Waals surface area contributed by atoms with E-state index in [9.17, 15) is 9.59 Å². The van der Waals surface area contributed by atoms with Crippen LogP contribution in [-0.4, -0.2) is 23.2 Å². The monoisotopic (exact) mass is 396 g/mol. The molecule has 7 heteroatoms. The molecule has 0 aliphatic carbocycles. The van der Waals surface area contributed by atoms with E-state index in [-0.39, 0.29) is 16.5 Å². The molecule has 2 aromatic carbocycles. The number of carboxylic acids is 1. The smallest absolute Gasteiger partial charge is 0.337 e. The van der Waals surface area contributed by atoms with Gasteiger partial charge in [0.1, 0.15) is 11.5 Å². The van der Waals surface area contributed by atoms with Crippen LogP contribution in [0.1, 0.15) is 39.0 Å². The number of amides is 1. The van der Waals surface area contributed by atoms with E-state index in [0.717, 1.165) is 12.0 Å². The topological polar surface area (TPSA) is 91.9 Å². The minimum Gasteiger partial charge on any atom is -0.478 e. The van der Waals surface area contributed by atoms with Gasteiger partial charge in [0.25, 0.3) is 5.91 Å². The van der Waals surface area contributed by atoms with Gasteiger partial charge in [-0.1, -0.05) is 30.7 Å². The lowest BCUT2D eigenvalue weighted by molar-refractivity contribution is 0.0697. The van der Waals surface area contributed by atoms with Crippen molar-refractivity contribution < 1.29 is 19.1 Å². The average molecular weight is 397 g/mol. The quantitative estimate of drug-likeness (QED) is 0.469. The van der Waals surface area contributed by atoms with Gasteiger partial charge < -0.3 is 9.52 Å². The maximum atomic E-state index is 12.1. The van der Waals surface area contributed by atoms with Gasteiger partial charge in [0, 0.05) is 11.1 Å². The largest absolute Gasteiger partial charge is 0.478 e. The van der Waals surface area contributed by atoms with E-state index in [1.54, 1.807) is 30.3 Å². The summed E-state index contributed by atoms with van der Waals surface area (Å²) in [5.74, 6) is -0.574. The van der Waals surface area contributed by atoms with Crippen LogP contribution in [0.4, 0.5) is 0 Å².